The first-order valence-electron chi connectivity index (χ1n) is 10.2. The molecule has 1 heterocycles. The summed E-state index contributed by atoms with van der Waals surface area (Å²) in [4.78, 5) is 26.9. The third-order valence-corrected chi connectivity index (χ3v) is 5.16. The van der Waals surface area contributed by atoms with Crippen LogP contribution in [-0.4, -0.2) is 42.3 Å². The van der Waals surface area contributed by atoms with Gasteiger partial charge in [-0.2, -0.15) is 0 Å². The highest BCUT2D eigenvalue weighted by Gasteiger charge is 2.43. The Morgan fingerprint density at radius 2 is 1.87 bits per heavy atom. The first kappa shape index (κ1) is 22.1. The van der Waals surface area contributed by atoms with E-state index < -0.39 is 35.3 Å². The van der Waals surface area contributed by atoms with Crippen molar-refractivity contribution in [3.8, 4) is 0 Å². The predicted octanol–water partition coefficient (Wildman–Crippen LogP) is 4.07. The molecule has 164 valence electrons. The molecule has 8 heteroatoms. The van der Waals surface area contributed by atoms with Gasteiger partial charge in [-0.15, -0.1) is 0 Å². The minimum atomic E-state index is -0.723. The Balaban J connectivity index is 2.07. The van der Waals surface area contributed by atoms with Crippen molar-refractivity contribution in [2.75, 3.05) is 19.7 Å². The van der Waals surface area contributed by atoms with Gasteiger partial charge in [0.05, 0.1) is 18.2 Å². The molecule has 1 fully saturated rings. The van der Waals surface area contributed by atoms with E-state index in [0.717, 1.165) is 6.07 Å². The molecule has 1 aromatic rings. The van der Waals surface area contributed by atoms with Gasteiger partial charge in [0.25, 0.3) is 0 Å². The fourth-order valence-corrected chi connectivity index (χ4v) is 4.14. The second-order valence-electron chi connectivity index (χ2n) is 8.51. The SMILES string of the molecule is CCOC(=O)C1=C2NCCN(C(=O)OC(C)(C)C)C(c3cc(F)cc(F)c3)C2CC1. The van der Waals surface area contributed by atoms with Gasteiger partial charge in [0.15, 0.2) is 0 Å². The number of nitrogens with zero attached hydrogens (tertiary/aromatic N) is 1. The van der Waals surface area contributed by atoms with Crippen LogP contribution < -0.4 is 5.32 Å². The molecule has 0 radical (unpaired) electrons. The Labute approximate surface area is 175 Å². The maximum atomic E-state index is 14.1. The van der Waals surface area contributed by atoms with Crippen molar-refractivity contribution in [1.29, 1.82) is 0 Å². The molecule has 0 bridgehead atoms. The molecular weight excluding hydrogens is 394 g/mol. The number of hydrogen-bond acceptors (Lipinski definition) is 5. The molecule has 0 saturated carbocycles. The predicted molar refractivity (Wildman–Crippen MR) is 106 cm³/mol. The van der Waals surface area contributed by atoms with Crippen molar-refractivity contribution < 1.29 is 27.8 Å². The highest BCUT2D eigenvalue weighted by molar-refractivity contribution is 5.90. The number of esters is 1. The van der Waals surface area contributed by atoms with Gasteiger partial charge < -0.3 is 14.8 Å². The molecule has 1 aliphatic heterocycles. The number of amides is 1. The molecular formula is C22H28F2N2O4. The summed E-state index contributed by atoms with van der Waals surface area (Å²) in [6.07, 6.45) is 0.436. The molecule has 6 nitrogen and oxygen atoms in total. The van der Waals surface area contributed by atoms with Crippen molar-refractivity contribution in [2.45, 2.75) is 52.2 Å². The van der Waals surface area contributed by atoms with Gasteiger partial charge in [-0.25, -0.2) is 18.4 Å². The van der Waals surface area contributed by atoms with Crippen LogP contribution in [0.3, 0.4) is 0 Å². The number of nitrogens with one attached hydrogen (secondary N) is 1. The van der Waals surface area contributed by atoms with E-state index in [-0.39, 0.29) is 19.1 Å². The zero-order valence-corrected chi connectivity index (χ0v) is 17.8. The van der Waals surface area contributed by atoms with E-state index in [0.29, 0.717) is 36.2 Å². The Kier molecular flexibility index (Phi) is 6.33. The lowest BCUT2D eigenvalue weighted by Gasteiger charge is -2.35. The summed E-state index contributed by atoms with van der Waals surface area (Å²) in [6.45, 7) is 7.91. The summed E-state index contributed by atoms with van der Waals surface area (Å²) in [5, 5.41) is 3.25. The van der Waals surface area contributed by atoms with Crippen LogP contribution in [-0.2, 0) is 14.3 Å². The van der Waals surface area contributed by atoms with Crippen LogP contribution in [0.1, 0.15) is 52.1 Å². The van der Waals surface area contributed by atoms with E-state index in [1.807, 2.05) is 0 Å². The summed E-state index contributed by atoms with van der Waals surface area (Å²) in [7, 11) is 0. The van der Waals surface area contributed by atoms with Crippen molar-refractivity contribution in [3.05, 3.63) is 46.7 Å². The molecule has 0 spiro atoms. The van der Waals surface area contributed by atoms with Gasteiger partial charge in [0, 0.05) is 30.8 Å². The number of halogens is 2. The number of benzene rings is 1. The lowest BCUT2D eigenvalue weighted by atomic mass is 9.89. The zero-order valence-electron chi connectivity index (χ0n) is 17.8. The van der Waals surface area contributed by atoms with Gasteiger partial charge in [0.2, 0.25) is 0 Å². The van der Waals surface area contributed by atoms with E-state index >= 15 is 0 Å². The minimum Gasteiger partial charge on any atom is -0.463 e. The summed E-state index contributed by atoms with van der Waals surface area (Å²) in [6, 6.07) is 2.58. The Morgan fingerprint density at radius 3 is 2.47 bits per heavy atom. The monoisotopic (exact) mass is 422 g/mol. The summed E-state index contributed by atoms with van der Waals surface area (Å²) in [5.41, 5.74) is 0.803. The minimum absolute atomic E-state index is 0.253. The van der Waals surface area contributed by atoms with Crippen LogP contribution in [0.5, 0.6) is 0 Å². The van der Waals surface area contributed by atoms with Crippen molar-refractivity contribution >= 4 is 12.1 Å². The molecule has 1 N–H and O–H groups in total. The van der Waals surface area contributed by atoms with Crippen molar-refractivity contribution in [1.82, 2.24) is 10.2 Å². The molecule has 3 rings (SSSR count). The fraction of sp³-hybridized carbons (Fsp3) is 0.545. The maximum absolute atomic E-state index is 14.1. The van der Waals surface area contributed by atoms with Gasteiger partial charge in [-0.3, -0.25) is 4.90 Å². The molecule has 2 unspecified atom stereocenters. The molecule has 30 heavy (non-hydrogen) atoms. The smallest absolute Gasteiger partial charge is 0.410 e. The zero-order chi connectivity index (χ0) is 22.1. The lowest BCUT2D eigenvalue weighted by molar-refractivity contribution is -0.138. The third kappa shape index (κ3) is 4.74. The fourth-order valence-electron chi connectivity index (χ4n) is 4.14. The van der Waals surface area contributed by atoms with Crippen LogP contribution in [0, 0.1) is 17.6 Å². The number of hydrogen-bond donors (Lipinski definition) is 1. The van der Waals surface area contributed by atoms with Crippen molar-refractivity contribution in [2.24, 2.45) is 5.92 Å². The Morgan fingerprint density at radius 1 is 1.20 bits per heavy atom. The number of carbonyl (C=O) groups is 2. The van der Waals surface area contributed by atoms with Gasteiger partial charge in [0.1, 0.15) is 17.2 Å². The van der Waals surface area contributed by atoms with E-state index in [1.165, 1.54) is 17.0 Å². The first-order chi connectivity index (χ1) is 14.1. The molecule has 1 aromatic carbocycles. The van der Waals surface area contributed by atoms with Crippen LogP contribution in [0.15, 0.2) is 29.5 Å². The molecule has 1 amide bonds. The Bertz CT molecular complexity index is 843. The van der Waals surface area contributed by atoms with Gasteiger partial charge in [-0.1, -0.05) is 0 Å². The van der Waals surface area contributed by atoms with Gasteiger partial charge in [-0.05, 0) is 58.2 Å². The summed E-state index contributed by atoms with van der Waals surface area (Å²) < 4.78 is 38.9. The highest BCUT2D eigenvalue weighted by Crippen LogP contribution is 2.44. The summed E-state index contributed by atoms with van der Waals surface area (Å²) >= 11 is 0. The molecule has 2 atom stereocenters. The number of ether oxygens (including phenoxy) is 2. The van der Waals surface area contributed by atoms with Crippen molar-refractivity contribution in [3.63, 3.8) is 0 Å². The average molecular weight is 422 g/mol. The first-order valence-corrected chi connectivity index (χ1v) is 10.2. The van der Waals surface area contributed by atoms with Gasteiger partial charge >= 0.3 is 12.1 Å². The number of rotatable bonds is 3. The van der Waals surface area contributed by atoms with E-state index in [9.17, 15) is 18.4 Å². The average Bonchev–Trinajstić information content (AvgIpc) is 2.93. The molecule has 0 aromatic heterocycles. The maximum Gasteiger partial charge on any atom is 0.410 e. The Hall–Kier alpha value is -2.64. The largest absolute Gasteiger partial charge is 0.463 e. The number of carbonyl (C=O) groups excluding carboxylic acids is 2. The molecule has 2 aliphatic rings. The third-order valence-electron chi connectivity index (χ3n) is 5.16. The van der Waals surface area contributed by atoms with E-state index in [1.54, 1.807) is 27.7 Å². The quantitative estimate of drug-likeness (QED) is 0.744. The molecule has 1 aliphatic carbocycles. The molecule has 1 saturated heterocycles. The standard InChI is InChI=1S/C22H28F2N2O4/c1-5-29-20(27)17-7-6-16-18(17)25-8-9-26(21(28)30-22(2,3)4)19(16)13-10-14(23)12-15(24)11-13/h10-12,16,19,25H,5-9H2,1-4H3. The number of fused-ring (bicyclic) bond motifs is 1. The second-order valence-corrected chi connectivity index (χ2v) is 8.51. The van der Waals surface area contributed by atoms with Crippen LogP contribution in [0.25, 0.3) is 0 Å². The van der Waals surface area contributed by atoms with E-state index in [4.69, 9.17) is 9.47 Å². The summed E-state index contributed by atoms with van der Waals surface area (Å²) in [5.74, 6) is -2.18. The van der Waals surface area contributed by atoms with E-state index in [2.05, 4.69) is 5.32 Å². The topological polar surface area (TPSA) is 67.9 Å². The second kappa shape index (κ2) is 8.62. The van der Waals surface area contributed by atoms with Crippen LogP contribution in [0.4, 0.5) is 13.6 Å². The van der Waals surface area contributed by atoms with Crippen LogP contribution >= 0.6 is 0 Å². The van der Waals surface area contributed by atoms with Crippen LogP contribution in [0.2, 0.25) is 0 Å². The normalized spacial score (nSPS) is 21.6. The lowest BCUT2D eigenvalue weighted by Crippen LogP contribution is -2.42. The highest BCUT2D eigenvalue weighted by atomic mass is 19.1.